The number of ether oxygens (including phenoxy) is 1. The summed E-state index contributed by atoms with van der Waals surface area (Å²) in [6.45, 7) is -0.00632. The molecule has 1 aromatic rings. The van der Waals surface area contributed by atoms with Gasteiger partial charge in [-0.05, 0) is 30.0 Å². The van der Waals surface area contributed by atoms with Crippen molar-refractivity contribution in [3.63, 3.8) is 0 Å². The molecule has 1 atom stereocenters. The predicted octanol–water partition coefficient (Wildman–Crippen LogP) is 2.00. The summed E-state index contributed by atoms with van der Waals surface area (Å²) in [5, 5.41) is 9.14. The molecule has 17 heavy (non-hydrogen) atoms. The lowest BCUT2D eigenvalue weighted by atomic mass is 10.3. The maximum atomic E-state index is 12.1. The molecule has 0 aliphatic rings. The second kappa shape index (κ2) is 6.13. The Morgan fingerprint density at radius 1 is 1.41 bits per heavy atom. The van der Waals surface area contributed by atoms with E-state index in [1.807, 2.05) is 0 Å². The van der Waals surface area contributed by atoms with Crippen LogP contribution in [0.25, 0.3) is 0 Å². The Morgan fingerprint density at radius 2 is 2.12 bits per heavy atom. The second-order valence-electron chi connectivity index (χ2n) is 3.22. The van der Waals surface area contributed by atoms with Crippen molar-refractivity contribution in [2.45, 2.75) is 16.5 Å². The summed E-state index contributed by atoms with van der Waals surface area (Å²) >= 11 is -0.212. The molecule has 0 saturated carbocycles. The monoisotopic (exact) mass is 267 g/mol. The first-order chi connectivity index (χ1) is 7.90. The molecule has 0 heterocycles. The molecule has 3 N–H and O–H groups in total. The quantitative estimate of drug-likeness (QED) is 0.801. The maximum absolute atomic E-state index is 12.1. The van der Waals surface area contributed by atoms with Crippen LogP contribution >= 0.6 is 11.8 Å². The third-order valence-electron chi connectivity index (χ3n) is 1.75. The number of thioether (sulfide) groups is 1. The van der Waals surface area contributed by atoms with Crippen LogP contribution in [0.5, 0.6) is 5.75 Å². The first kappa shape index (κ1) is 14.1. The lowest BCUT2D eigenvalue weighted by Gasteiger charge is -2.11. The molecule has 0 spiro atoms. The molecule has 0 aliphatic heterocycles. The third-order valence-corrected chi connectivity index (χ3v) is 2.47. The molecule has 0 unspecified atom stereocenters. The van der Waals surface area contributed by atoms with Gasteiger partial charge in [-0.25, -0.2) is 0 Å². The summed E-state index contributed by atoms with van der Waals surface area (Å²) in [5.41, 5.74) is 0.842. The highest BCUT2D eigenvalue weighted by Crippen LogP contribution is 2.37. The fourth-order valence-electron chi connectivity index (χ4n) is 1.02. The van der Waals surface area contributed by atoms with Gasteiger partial charge in [0.1, 0.15) is 18.5 Å². The van der Waals surface area contributed by atoms with Gasteiger partial charge < -0.3 is 15.6 Å². The van der Waals surface area contributed by atoms with Crippen molar-refractivity contribution in [2.24, 2.45) is 5.73 Å². The van der Waals surface area contributed by atoms with Crippen molar-refractivity contribution >= 4 is 11.8 Å². The largest absolute Gasteiger partial charge is 0.491 e. The fraction of sp³-hybridized carbons (Fsp3) is 0.400. The number of rotatable bonds is 5. The molecule has 3 nitrogen and oxygen atoms in total. The Hall–Kier alpha value is -0.920. The minimum absolute atomic E-state index is 0.0387. The standard InChI is InChI=1S/C10H12F3NO2S/c11-10(12,13)17-9-3-1-2-8(4-9)16-6-7(15)5-14/h1-4,7,15H,5-6,14H2/t7-/m1/s1. The normalized spacial score (nSPS) is 13.5. The van der Waals surface area contributed by atoms with Crippen LogP contribution in [0, 0.1) is 0 Å². The van der Waals surface area contributed by atoms with E-state index in [-0.39, 0.29) is 35.6 Å². The van der Waals surface area contributed by atoms with Gasteiger partial charge >= 0.3 is 5.51 Å². The van der Waals surface area contributed by atoms with Crippen LogP contribution in [-0.2, 0) is 0 Å². The van der Waals surface area contributed by atoms with Crippen molar-refractivity contribution in [1.82, 2.24) is 0 Å². The zero-order valence-electron chi connectivity index (χ0n) is 8.78. The molecule has 0 radical (unpaired) electrons. The number of aliphatic hydroxyl groups excluding tert-OH is 1. The summed E-state index contributed by atoms with van der Waals surface area (Å²) in [5.74, 6) is 0.270. The average molecular weight is 267 g/mol. The molecule has 1 rings (SSSR count). The van der Waals surface area contributed by atoms with E-state index >= 15 is 0 Å². The van der Waals surface area contributed by atoms with Gasteiger partial charge in [-0.1, -0.05) is 6.07 Å². The van der Waals surface area contributed by atoms with E-state index in [9.17, 15) is 13.2 Å². The summed E-state index contributed by atoms with van der Waals surface area (Å²) in [4.78, 5) is 0.0391. The van der Waals surface area contributed by atoms with Gasteiger partial charge in [0.25, 0.3) is 0 Å². The number of benzene rings is 1. The average Bonchev–Trinajstić information content (AvgIpc) is 2.24. The van der Waals surface area contributed by atoms with Gasteiger partial charge in [0.15, 0.2) is 0 Å². The molecular weight excluding hydrogens is 255 g/mol. The molecule has 0 amide bonds. The van der Waals surface area contributed by atoms with Gasteiger partial charge in [-0.2, -0.15) is 13.2 Å². The van der Waals surface area contributed by atoms with E-state index in [2.05, 4.69) is 0 Å². The molecule has 0 aliphatic carbocycles. The fourth-order valence-corrected chi connectivity index (χ4v) is 1.61. The second-order valence-corrected chi connectivity index (χ2v) is 4.36. The number of hydrogen-bond donors (Lipinski definition) is 2. The first-order valence-corrected chi connectivity index (χ1v) is 5.59. The number of aliphatic hydroxyl groups is 1. The van der Waals surface area contributed by atoms with E-state index < -0.39 is 11.6 Å². The van der Waals surface area contributed by atoms with Crippen LogP contribution in [0.15, 0.2) is 29.2 Å². The zero-order valence-corrected chi connectivity index (χ0v) is 9.59. The Labute approximate surface area is 101 Å². The minimum atomic E-state index is -4.32. The van der Waals surface area contributed by atoms with Crippen LogP contribution in [-0.4, -0.2) is 29.9 Å². The lowest BCUT2D eigenvalue weighted by molar-refractivity contribution is -0.0328. The minimum Gasteiger partial charge on any atom is -0.491 e. The summed E-state index contributed by atoms with van der Waals surface area (Å²) in [7, 11) is 0. The van der Waals surface area contributed by atoms with Crippen LogP contribution in [0.4, 0.5) is 13.2 Å². The number of hydrogen-bond acceptors (Lipinski definition) is 4. The van der Waals surface area contributed by atoms with Crippen molar-refractivity contribution in [3.8, 4) is 5.75 Å². The van der Waals surface area contributed by atoms with Gasteiger partial charge in [-0.15, -0.1) is 0 Å². The highest BCUT2D eigenvalue weighted by molar-refractivity contribution is 8.00. The lowest BCUT2D eigenvalue weighted by Crippen LogP contribution is -2.26. The zero-order chi connectivity index (χ0) is 12.9. The number of halogens is 3. The molecule has 0 saturated heterocycles. The van der Waals surface area contributed by atoms with E-state index in [0.29, 0.717) is 0 Å². The van der Waals surface area contributed by atoms with Gasteiger partial charge in [0.2, 0.25) is 0 Å². The third kappa shape index (κ3) is 5.81. The molecular formula is C10H12F3NO2S. The molecule has 1 aromatic carbocycles. The molecule has 96 valence electrons. The Balaban J connectivity index is 2.60. The highest BCUT2D eigenvalue weighted by atomic mass is 32.2. The summed E-state index contributed by atoms with van der Waals surface area (Å²) in [6.07, 6.45) is -0.825. The van der Waals surface area contributed by atoms with Crippen molar-refractivity contribution in [1.29, 1.82) is 0 Å². The van der Waals surface area contributed by atoms with Crippen molar-refractivity contribution in [2.75, 3.05) is 13.2 Å². The van der Waals surface area contributed by atoms with E-state index in [1.165, 1.54) is 24.3 Å². The first-order valence-electron chi connectivity index (χ1n) is 4.77. The number of nitrogens with two attached hydrogens (primary N) is 1. The molecule has 7 heteroatoms. The van der Waals surface area contributed by atoms with Crippen LogP contribution in [0.2, 0.25) is 0 Å². The molecule has 0 fully saturated rings. The maximum Gasteiger partial charge on any atom is 0.446 e. The summed E-state index contributed by atoms with van der Waals surface area (Å²) in [6, 6.07) is 5.58. The van der Waals surface area contributed by atoms with E-state index in [0.717, 1.165) is 0 Å². The van der Waals surface area contributed by atoms with Gasteiger partial charge in [-0.3, -0.25) is 0 Å². The van der Waals surface area contributed by atoms with Crippen LogP contribution in [0.1, 0.15) is 0 Å². The summed E-state index contributed by atoms with van der Waals surface area (Å²) < 4.78 is 41.4. The van der Waals surface area contributed by atoms with Crippen LogP contribution < -0.4 is 10.5 Å². The highest BCUT2D eigenvalue weighted by Gasteiger charge is 2.29. The SMILES string of the molecule is NC[C@@H](O)COc1cccc(SC(F)(F)F)c1. The van der Waals surface area contributed by atoms with Crippen LogP contribution in [0.3, 0.4) is 0 Å². The van der Waals surface area contributed by atoms with Gasteiger partial charge in [0.05, 0.1) is 0 Å². The Morgan fingerprint density at radius 3 is 2.71 bits per heavy atom. The molecule has 0 aromatic heterocycles. The van der Waals surface area contributed by atoms with Gasteiger partial charge in [0, 0.05) is 11.4 Å². The Kier molecular flexibility index (Phi) is 5.10. The predicted molar refractivity (Wildman–Crippen MR) is 58.9 cm³/mol. The molecule has 0 bridgehead atoms. The van der Waals surface area contributed by atoms with Crippen molar-refractivity contribution in [3.05, 3.63) is 24.3 Å². The van der Waals surface area contributed by atoms with E-state index in [4.69, 9.17) is 15.6 Å². The topological polar surface area (TPSA) is 55.5 Å². The Bertz CT molecular complexity index is 360. The smallest absolute Gasteiger partial charge is 0.446 e. The van der Waals surface area contributed by atoms with Crippen molar-refractivity contribution < 1.29 is 23.0 Å². The number of alkyl halides is 3. The van der Waals surface area contributed by atoms with E-state index in [1.54, 1.807) is 0 Å².